The second-order valence-corrected chi connectivity index (χ2v) is 5.63. The molecule has 0 aromatic heterocycles. The zero-order chi connectivity index (χ0) is 13.2. The topological polar surface area (TPSA) is 21.3 Å². The molecule has 0 spiro atoms. The third-order valence-corrected chi connectivity index (χ3v) is 3.99. The van der Waals surface area contributed by atoms with E-state index in [1.54, 1.807) is 12.7 Å². The summed E-state index contributed by atoms with van der Waals surface area (Å²) in [6.07, 6.45) is 11.5. The summed E-state index contributed by atoms with van der Waals surface area (Å²) in [5, 5.41) is 3.73. The van der Waals surface area contributed by atoms with Crippen molar-refractivity contribution < 1.29 is 4.74 Å². The summed E-state index contributed by atoms with van der Waals surface area (Å²) in [4.78, 5) is 0. The molecule has 18 heavy (non-hydrogen) atoms. The Labute approximate surface area is 113 Å². The van der Waals surface area contributed by atoms with Crippen LogP contribution >= 0.6 is 0 Å². The fourth-order valence-electron chi connectivity index (χ4n) is 2.68. The molecule has 2 nitrogen and oxygen atoms in total. The van der Waals surface area contributed by atoms with Crippen LogP contribution in [0.15, 0.2) is 11.6 Å². The van der Waals surface area contributed by atoms with Crippen LogP contribution < -0.4 is 5.32 Å². The monoisotopic (exact) mass is 253 g/mol. The lowest BCUT2D eigenvalue weighted by Crippen LogP contribution is -2.36. The smallest absolute Gasteiger partial charge is 0.0465 e. The minimum atomic E-state index is 0.629. The number of methoxy groups -OCH3 is 1. The fraction of sp³-hybridized carbons (Fsp3) is 0.875. The third kappa shape index (κ3) is 6.01. The molecule has 0 heterocycles. The van der Waals surface area contributed by atoms with Crippen molar-refractivity contribution in [3.8, 4) is 0 Å². The molecule has 0 fully saturated rings. The molecule has 1 aliphatic rings. The lowest BCUT2D eigenvalue weighted by molar-refractivity contribution is 0.169. The molecule has 2 unspecified atom stereocenters. The van der Waals surface area contributed by atoms with Gasteiger partial charge in [0, 0.05) is 19.8 Å². The number of nitrogens with one attached hydrogen (secondary N) is 1. The molecule has 0 saturated carbocycles. The van der Waals surface area contributed by atoms with Crippen molar-refractivity contribution in [2.24, 2.45) is 5.92 Å². The number of hydrogen-bond acceptors (Lipinski definition) is 2. The molecule has 1 aliphatic carbocycles. The molecule has 0 aromatic carbocycles. The van der Waals surface area contributed by atoms with Gasteiger partial charge in [0.15, 0.2) is 0 Å². The van der Waals surface area contributed by atoms with Crippen LogP contribution in [0.5, 0.6) is 0 Å². The molecule has 0 amide bonds. The zero-order valence-electron chi connectivity index (χ0n) is 12.5. The van der Waals surface area contributed by atoms with Gasteiger partial charge in [-0.15, -0.1) is 0 Å². The third-order valence-electron chi connectivity index (χ3n) is 3.99. The van der Waals surface area contributed by atoms with E-state index in [9.17, 15) is 0 Å². The average Bonchev–Trinajstić information content (AvgIpc) is 2.42. The summed E-state index contributed by atoms with van der Waals surface area (Å²) < 4.78 is 5.21. The molecule has 0 aliphatic heterocycles. The number of rotatable bonds is 9. The lowest BCUT2D eigenvalue weighted by atomic mass is 9.88. The van der Waals surface area contributed by atoms with Crippen molar-refractivity contribution in [3.63, 3.8) is 0 Å². The SMILES string of the molecule is CCCNC(CC1=CCCCC1)C(C)CCOC. The fourth-order valence-corrected chi connectivity index (χ4v) is 2.68. The van der Waals surface area contributed by atoms with Gasteiger partial charge in [-0.2, -0.15) is 0 Å². The molecule has 0 saturated heterocycles. The van der Waals surface area contributed by atoms with E-state index in [4.69, 9.17) is 4.74 Å². The summed E-state index contributed by atoms with van der Waals surface area (Å²) in [6, 6.07) is 0.629. The molecule has 0 radical (unpaired) electrons. The van der Waals surface area contributed by atoms with Crippen molar-refractivity contribution in [2.45, 2.75) is 64.8 Å². The first kappa shape index (κ1) is 15.7. The summed E-state index contributed by atoms with van der Waals surface area (Å²) in [6.45, 7) is 6.61. The van der Waals surface area contributed by atoms with E-state index >= 15 is 0 Å². The maximum atomic E-state index is 5.21. The summed E-state index contributed by atoms with van der Waals surface area (Å²) in [7, 11) is 1.80. The highest BCUT2D eigenvalue weighted by molar-refractivity contribution is 5.07. The van der Waals surface area contributed by atoms with Crippen LogP contribution in [-0.2, 0) is 4.74 Å². The molecular formula is C16H31NO. The largest absolute Gasteiger partial charge is 0.385 e. The Morgan fingerprint density at radius 3 is 2.83 bits per heavy atom. The first-order valence-electron chi connectivity index (χ1n) is 7.68. The van der Waals surface area contributed by atoms with Gasteiger partial charge in [-0.25, -0.2) is 0 Å². The van der Waals surface area contributed by atoms with Gasteiger partial charge in [-0.1, -0.05) is 25.5 Å². The molecule has 2 heteroatoms. The normalized spacial score (nSPS) is 19.4. The standard InChI is InChI=1S/C16H31NO/c1-4-11-17-16(14(2)10-12-18-3)13-15-8-6-5-7-9-15/h8,14,16-17H,4-7,9-13H2,1-3H3. The van der Waals surface area contributed by atoms with Gasteiger partial charge in [-0.3, -0.25) is 0 Å². The highest BCUT2D eigenvalue weighted by Gasteiger charge is 2.18. The van der Waals surface area contributed by atoms with E-state index in [-0.39, 0.29) is 0 Å². The maximum Gasteiger partial charge on any atom is 0.0465 e. The quantitative estimate of drug-likeness (QED) is 0.629. The van der Waals surface area contributed by atoms with Crippen molar-refractivity contribution >= 4 is 0 Å². The van der Waals surface area contributed by atoms with Gasteiger partial charge >= 0.3 is 0 Å². The average molecular weight is 253 g/mol. The predicted molar refractivity (Wildman–Crippen MR) is 78.9 cm³/mol. The van der Waals surface area contributed by atoms with Crippen LogP contribution in [0.25, 0.3) is 0 Å². The van der Waals surface area contributed by atoms with E-state index < -0.39 is 0 Å². The molecule has 1 N–H and O–H groups in total. The van der Waals surface area contributed by atoms with E-state index in [2.05, 4.69) is 25.2 Å². The van der Waals surface area contributed by atoms with Gasteiger partial charge in [0.1, 0.15) is 0 Å². The second kappa shape index (κ2) is 9.57. The van der Waals surface area contributed by atoms with Crippen molar-refractivity contribution in [1.29, 1.82) is 0 Å². The Balaban J connectivity index is 2.45. The Bertz CT molecular complexity index is 237. The first-order valence-corrected chi connectivity index (χ1v) is 7.68. The van der Waals surface area contributed by atoms with Crippen molar-refractivity contribution in [2.75, 3.05) is 20.3 Å². The van der Waals surface area contributed by atoms with Crippen LogP contribution in [-0.4, -0.2) is 26.3 Å². The van der Waals surface area contributed by atoms with E-state index in [0.29, 0.717) is 12.0 Å². The minimum absolute atomic E-state index is 0.629. The van der Waals surface area contributed by atoms with Crippen LogP contribution in [0.3, 0.4) is 0 Å². The van der Waals surface area contributed by atoms with Crippen molar-refractivity contribution in [1.82, 2.24) is 5.32 Å². The molecule has 0 aromatic rings. The van der Waals surface area contributed by atoms with Gasteiger partial charge in [0.2, 0.25) is 0 Å². The number of ether oxygens (including phenoxy) is 1. The Kier molecular flexibility index (Phi) is 8.36. The number of allylic oxidation sites excluding steroid dienone is 1. The van der Waals surface area contributed by atoms with Crippen molar-refractivity contribution in [3.05, 3.63) is 11.6 Å². The summed E-state index contributed by atoms with van der Waals surface area (Å²) in [5.41, 5.74) is 1.68. The van der Waals surface area contributed by atoms with E-state index in [1.165, 1.54) is 38.5 Å². The van der Waals surface area contributed by atoms with Gasteiger partial charge in [0.05, 0.1) is 0 Å². The lowest BCUT2D eigenvalue weighted by Gasteiger charge is -2.27. The first-order chi connectivity index (χ1) is 8.77. The molecule has 0 bridgehead atoms. The summed E-state index contributed by atoms with van der Waals surface area (Å²) >= 11 is 0. The zero-order valence-corrected chi connectivity index (χ0v) is 12.5. The van der Waals surface area contributed by atoms with Crippen LogP contribution in [0.4, 0.5) is 0 Å². The van der Waals surface area contributed by atoms with Crippen LogP contribution in [0.1, 0.15) is 58.8 Å². The Morgan fingerprint density at radius 2 is 2.22 bits per heavy atom. The predicted octanol–water partition coefficient (Wildman–Crippen LogP) is 3.92. The second-order valence-electron chi connectivity index (χ2n) is 5.63. The Morgan fingerprint density at radius 1 is 1.39 bits per heavy atom. The number of hydrogen-bond donors (Lipinski definition) is 1. The minimum Gasteiger partial charge on any atom is -0.385 e. The highest BCUT2D eigenvalue weighted by Crippen LogP contribution is 2.24. The van der Waals surface area contributed by atoms with E-state index in [0.717, 1.165) is 19.6 Å². The molecular weight excluding hydrogens is 222 g/mol. The van der Waals surface area contributed by atoms with Gasteiger partial charge < -0.3 is 10.1 Å². The van der Waals surface area contributed by atoms with Crippen LogP contribution in [0.2, 0.25) is 0 Å². The van der Waals surface area contributed by atoms with Crippen LogP contribution in [0, 0.1) is 5.92 Å². The summed E-state index contributed by atoms with van der Waals surface area (Å²) in [5.74, 6) is 0.694. The maximum absolute atomic E-state index is 5.21. The molecule has 1 rings (SSSR count). The van der Waals surface area contributed by atoms with E-state index in [1.807, 2.05) is 0 Å². The molecule has 2 atom stereocenters. The highest BCUT2D eigenvalue weighted by atomic mass is 16.5. The Hall–Kier alpha value is -0.340. The van der Waals surface area contributed by atoms with Gasteiger partial charge in [-0.05, 0) is 57.4 Å². The molecule has 106 valence electrons. The van der Waals surface area contributed by atoms with Gasteiger partial charge in [0.25, 0.3) is 0 Å².